The van der Waals surface area contributed by atoms with Gasteiger partial charge in [-0.25, -0.2) is 8.42 Å². The zero-order valence-corrected chi connectivity index (χ0v) is 21.6. The van der Waals surface area contributed by atoms with Crippen LogP contribution in [0.15, 0.2) is 0 Å². The molecule has 0 aromatic rings. The third-order valence-corrected chi connectivity index (χ3v) is 6.66. The largest absolute Gasteiger partial charge is 1.00 e. The van der Waals surface area contributed by atoms with Crippen molar-refractivity contribution in [2.45, 2.75) is 96.7 Å². The molecule has 0 aliphatic rings. The summed E-state index contributed by atoms with van der Waals surface area (Å²) in [6.07, 6.45) is 6.01. The Labute approximate surface area is 198 Å². The molecule has 9 heteroatoms. The van der Waals surface area contributed by atoms with Gasteiger partial charge in [0.1, 0.15) is 10.1 Å². The first-order valence-electron chi connectivity index (χ1n) is 10.5. The molecule has 0 spiro atoms. The number of rotatable bonds is 16. The minimum Gasteiger partial charge on any atom is -0.747 e. The van der Waals surface area contributed by atoms with Gasteiger partial charge in [0.15, 0.2) is 4.75 Å². The molecule has 0 aliphatic carbocycles. The van der Waals surface area contributed by atoms with E-state index in [9.17, 15) is 22.6 Å². The van der Waals surface area contributed by atoms with E-state index in [0.29, 0.717) is 6.42 Å². The second-order valence-electron chi connectivity index (χ2n) is 7.27. The Morgan fingerprint density at radius 3 is 2.07 bits per heavy atom. The van der Waals surface area contributed by atoms with E-state index in [1.54, 1.807) is 0 Å². The maximum Gasteiger partial charge on any atom is 1.00 e. The van der Waals surface area contributed by atoms with Gasteiger partial charge in [0.05, 0.1) is 19.6 Å². The predicted octanol–water partition coefficient (Wildman–Crippen LogP) is 0.958. The first-order valence-corrected chi connectivity index (χ1v) is 11.9. The number of carbonyl (C=O) groups excluding carboxylic acids is 2. The van der Waals surface area contributed by atoms with Crippen LogP contribution in [0, 0.1) is 5.92 Å². The standard InChI is InChI=1S/C20H38O7S.Na/c1-5-9-11-12-14-26-19(22)20(8-4,28(23,24)25)15-18(21)27-16-17(7-3)13-10-6-2;/h17H,5-16H2,1-4H3,(H,23,24,25);/q;+1/p-1. The average molecular weight is 445 g/mol. The fraction of sp³-hybridized carbons (Fsp3) is 0.900. The van der Waals surface area contributed by atoms with E-state index >= 15 is 0 Å². The molecule has 0 amide bonds. The van der Waals surface area contributed by atoms with Gasteiger partial charge in [-0.3, -0.25) is 9.59 Å². The summed E-state index contributed by atoms with van der Waals surface area (Å²) in [6, 6.07) is 0. The summed E-state index contributed by atoms with van der Waals surface area (Å²) >= 11 is 0. The number of hydrogen-bond acceptors (Lipinski definition) is 7. The quantitative estimate of drug-likeness (QED) is 0.151. The normalized spacial score (nSPS) is 14.4. The van der Waals surface area contributed by atoms with Crippen molar-refractivity contribution in [2.24, 2.45) is 5.92 Å². The van der Waals surface area contributed by atoms with Crippen molar-refractivity contribution >= 4 is 22.1 Å². The fourth-order valence-electron chi connectivity index (χ4n) is 2.93. The van der Waals surface area contributed by atoms with Crippen LogP contribution < -0.4 is 29.6 Å². The Kier molecular flexibility index (Phi) is 17.7. The van der Waals surface area contributed by atoms with Gasteiger partial charge >= 0.3 is 41.5 Å². The van der Waals surface area contributed by atoms with Crippen LogP contribution in [0.3, 0.4) is 0 Å². The zero-order valence-electron chi connectivity index (χ0n) is 18.8. The van der Waals surface area contributed by atoms with Crippen molar-refractivity contribution < 1.29 is 61.6 Å². The third kappa shape index (κ3) is 11.2. The van der Waals surface area contributed by atoms with Crippen LogP contribution in [0.1, 0.15) is 91.9 Å². The third-order valence-electron chi connectivity index (χ3n) is 5.11. The summed E-state index contributed by atoms with van der Waals surface area (Å²) in [5.74, 6) is -1.84. The molecule has 166 valence electrons. The van der Waals surface area contributed by atoms with Gasteiger partial charge in [0, 0.05) is 0 Å². The number of unbranched alkanes of at least 4 members (excludes halogenated alkanes) is 4. The fourth-order valence-corrected chi connectivity index (χ4v) is 3.84. The summed E-state index contributed by atoms with van der Waals surface area (Å²) < 4.78 is 43.4. The van der Waals surface area contributed by atoms with Crippen LogP contribution in [0.4, 0.5) is 0 Å². The predicted molar refractivity (Wildman–Crippen MR) is 107 cm³/mol. The Bertz CT molecular complexity index is 565. The second kappa shape index (κ2) is 16.5. The molecule has 2 unspecified atom stereocenters. The molecule has 7 nitrogen and oxygen atoms in total. The monoisotopic (exact) mass is 444 g/mol. The topological polar surface area (TPSA) is 110 Å². The molecule has 0 N–H and O–H groups in total. The summed E-state index contributed by atoms with van der Waals surface area (Å²) in [4.78, 5) is 24.7. The Balaban J connectivity index is 0. The summed E-state index contributed by atoms with van der Waals surface area (Å²) in [5, 5.41) is 0. The summed E-state index contributed by atoms with van der Waals surface area (Å²) in [6.45, 7) is 7.66. The van der Waals surface area contributed by atoms with Crippen LogP contribution in [-0.4, -0.2) is 42.9 Å². The molecule has 0 aliphatic heterocycles. The van der Waals surface area contributed by atoms with Crippen molar-refractivity contribution in [3.8, 4) is 0 Å². The van der Waals surface area contributed by atoms with Gasteiger partial charge < -0.3 is 14.0 Å². The molecule has 0 radical (unpaired) electrons. The van der Waals surface area contributed by atoms with Crippen LogP contribution in [0.2, 0.25) is 0 Å². The van der Waals surface area contributed by atoms with Crippen molar-refractivity contribution in [2.75, 3.05) is 13.2 Å². The van der Waals surface area contributed by atoms with Crippen LogP contribution in [0.5, 0.6) is 0 Å². The van der Waals surface area contributed by atoms with Crippen LogP contribution >= 0.6 is 0 Å². The molecular formula is C20H37NaO7S. The minimum atomic E-state index is -5.10. The minimum absolute atomic E-state index is 0. The maximum atomic E-state index is 12.4. The molecule has 0 saturated carbocycles. The van der Waals surface area contributed by atoms with Gasteiger partial charge in [0.25, 0.3) is 0 Å². The van der Waals surface area contributed by atoms with E-state index in [-0.39, 0.29) is 55.1 Å². The van der Waals surface area contributed by atoms with E-state index in [0.717, 1.165) is 44.9 Å². The van der Waals surface area contributed by atoms with E-state index in [2.05, 4.69) is 6.92 Å². The first kappa shape index (κ1) is 31.0. The number of hydrogen-bond donors (Lipinski definition) is 0. The smallest absolute Gasteiger partial charge is 0.747 e. The van der Waals surface area contributed by atoms with Crippen molar-refractivity contribution in [1.29, 1.82) is 0 Å². The van der Waals surface area contributed by atoms with Crippen molar-refractivity contribution in [3.05, 3.63) is 0 Å². The summed E-state index contributed by atoms with van der Waals surface area (Å²) in [5.41, 5.74) is 0. The number of esters is 2. The molecular weight excluding hydrogens is 407 g/mol. The molecule has 2 atom stereocenters. The molecule has 0 fully saturated rings. The number of carbonyl (C=O) groups is 2. The Morgan fingerprint density at radius 1 is 0.966 bits per heavy atom. The average Bonchev–Trinajstić information content (AvgIpc) is 2.64. The van der Waals surface area contributed by atoms with E-state index in [4.69, 9.17) is 9.47 Å². The van der Waals surface area contributed by atoms with Crippen molar-refractivity contribution in [1.82, 2.24) is 0 Å². The van der Waals surface area contributed by atoms with Gasteiger partial charge in [-0.1, -0.05) is 66.2 Å². The number of ether oxygens (including phenoxy) is 2. The van der Waals surface area contributed by atoms with Crippen LogP contribution in [0.25, 0.3) is 0 Å². The maximum absolute atomic E-state index is 12.4. The SMILES string of the molecule is CCCCCCOC(=O)C(CC)(CC(=O)OCC(CC)CCCC)S(=O)(=O)[O-].[Na+]. The first-order chi connectivity index (χ1) is 13.2. The van der Waals surface area contributed by atoms with Gasteiger partial charge in [-0.05, 0) is 25.2 Å². The van der Waals surface area contributed by atoms with E-state index < -0.39 is 33.2 Å². The molecule has 0 saturated heterocycles. The van der Waals surface area contributed by atoms with Gasteiger partial charge in [-0.2, -0.15) is 0 Å². The Hall–Kier alpha value is -0.150. The molecule has 0 heterocycles. The van der Waals surface area contributed by atoms with Crippen LogP contribution in [-0.2, 0) is 29.2 Å². The molecule has 0 aromatic heterocycles. The van der Waals surface area contributed by atoms with Gasteiger partial charge in [0.2, 0.25) is 0 Å². The molecule has 0 rings (SSSR count). The summed E-state index contributed by atoms with van der Waals surface area (Å²) in [7, 11) is -5.10. The second-order valence-corrected chi connectivity index (χ2v) is 8.96. The molecule has 29 heavy (non-hydrogen) atoms. The Morgan fingerprint density at radius 2 is 1.59 bits per heavy atom. The molecule has 0 bridgehead atoms. The van der Waals surface area contributed by atoms with Crippen molar-refractivity contribution in [3.63, 3.8) is 0 Å². The van der Waals surface area contributed by atoms with Gasteiger partial charge in [-0.15, -0.1) is 0 Å². The van der Waals surface area contributed by atoms with E-state index in [1.807, 2.05) is 13.8 Å². The molecule has 0 aromatic carbocycles. The zero-order chi connectivity index (χ0) is 21.6. The van der Waals surface area contributed by atoms with E-state index in [1.165, 1.54) is 6.92 Å².